The van der Waals surface area contributed by atoms with Crippen molar-refractivity contribution in [2.45, 2.75) is 103 Å². The number of aromatic nitrogens is 4. The lowest BCUT2D eigenvalue weighted by Gasteiger charge is -2.35. The van der Waals surface area contributed by atoms with E-state index in [0.29, 0.717) is 34.3 Å². The normalized spacial score (nSPS) is 19.5. The van der Waals surface area contributed by atoms with Crippen molar-refractivity contribution < 1.29 is 38.7 Å². The van der Waals surface area contributed by atoms with E-state index in [1.54, 1.807) is 90.3 Å². The Balaban J connectivity index is 0.000000186. The van der Waals surface area contributed by atoms with Gasteiger partial charge in [0.1, 0.15) is 47.4 Å². The van der Waals surface area contributed by atoms with Crippen LogP contribution in [0.15, 0.2) is 48.8 Å². The van der Waals surface area contributed by atoms with E-state index in [4.69, 9.17) is 28.9 Å². The van der Waals surface area contributed by atoms with Crippen LogP contribution in [0, 0.1) is 13.8 Å². The molecule has 4 aliphatic heterocycles. The number of likely N-dealkylation sites (N-methyl/N-ethyl adjacent to an activating group) is 2. The first kappa shape index (κ1) is 44.3. The van der Waals surface area contributed by atoms with Gasteiger partial charge in [0, 0.05) is 78.1 Å². The van der Waals surface area contributed by atoms with Gasteiger partial charge in [0.25, 0.3) is 11.8 Å². The highest BCUT2D eigenvalue weighted by Gasteiger charge is 2.46. The van der Waals surface area contributed by atoms with Gasteiger partial charge in [-0.15, -0.1) is 0 Å². The molecule has 2 amide bonds. The van der Waals surface area contributed by atoms with Gasteiger partial charge in [-0.1, -0.05) is 0 Å². The number of amides is 2. The van der Waals surface area contributed by atoms with E-state index in [2.05, 4.69) is 19.8 Å². The van der Waals surface area contributed by atoms with Crippen LogP contribution in [0.4, 0.5) is 11.6 Å². The molecular weight excluding hydrogens is 793 g/mol. The predicted molar refractivity (Wildman–Crippen MR) is 234 cm³/mol. The number of aliphatic hydroxyl groups is 2. The van der Waals surface area contributed by atoms with Crippen molar-refractivity contribution in [1.82, 2.24) is 29.7 Å². The highest BCUT2D eigenvalue weighted by atomic mass is 16.5. The first-order chi connectivity index (χ1) is 29.4. The summed E-state index contributed by atoms with van der Waals surface area (Å²) in [5.74, 6) is 4.17. The fourth-order valence-electron chi connectivity index (χ4n) is 9.10. The second kappa shape index (κ2) is 17.6. The number of fused-ring (bicyclic) bond motifs is 2. The molecule has 0 spiro atoms. The minimum absolute atomic E-state index is 0.0931. The van der Waals surface area contributed by atoms with Gasteiger partial charge in [-0.2, -0.15) is 0 Å². The number of aryl methyl sites for hydroxylation is 2. The third-order valence-electron chi connectivity index (χ3n) is 12.1. The zero-order valence-electron chi connectivity index (χ0n) is 37.5. The van der Waals surface area contributed by atoms with Crippen LogP contribution in [0.5, 0.6) is 23.3 Å². The minimum atomic E-state index is -1.08. The lowest BCUT2D eigenvalue weighted by atomic mass is 9.95. The molecule has 0 bridgehead atoms. The van der Waals surface area contributed by atoms with Crippen LogP contribution in [-0.4, -0.2) is 130 Å². The highest BCUT2D eigenvalue weighted by molar-refractivity contribution is 6.00. The maximum atomic E-state index is 12.7. The Morgan fingerprint density at radius 1 is 0.613 bits per heavy atom. The van der Waals surface area contributed by atoms with Gasteiger partial charge in [-0.3, -0.25) is 9.59 Å². The summed E-state index contributed by atoms with van der Waals surface area (Å²) in [5, 5.41) is 21.3. The van der Waals surface area contributed by atoms with E-state index in [1.807, 2.05) is 38.1 Å². The predicted octanol–water partition coefficient (Wildman–Crippen LogP) is 5.48. The summed E-state index contributed by atoms with van der Waals surface area (Å²) in [6.07, 6.45) is 7.02. The van der Waals surface area contributed by atoms with Crippen molar-refractivity contribution >= 4 is 23.5 Å². The lowest BCUT2D eigenvalue weighted by molar-refractivity contribution is -0.00234. The third-order valence-corrected chi connectivity index (χ3v) is 12.1. The van der Waals surface area contributed by atoms with Gasteiger partial charge in [0.05, 0.1) is 60.3 Å². The average Bonchev–Trinajstić information content (AvgIpc) is 3.64. The van der Waals surface area contributed by atoms with Gasteiger partial charge in [-0.25, -0.2) is 19.9 Å². The maximum absolute atomic E-state index is 12.7. The molecule has 0 saturated carbocycles. The fraction of sp³-hybridized carbons (Fsp3) is 0.522. The number of hydrogen-bond acceptors (Lipinski definition) is 14. The Bertz CT molecular complexity index is 2080. The van der Waals surface area contributed by atoms with Gasteiger partial charge >= 0.3 is 0 Å². The fourth-order valence-corrected chi connectivity index (χ4v) is 9.10. The Kier molecular flexibility index (Phi) is 12.6. The Morgan fingerprint density at radius 2 is 0.968 bits per heavy atom. The zero-order chi connectivity index (χ0) is 44.7. The molecule has 4 aromatic heterocycles. The monoisotopic (exact) mass is 852 g/mol. The molecule has 16 heteroatoms. The second-order valence-electron chi connectivity index (χ2n) is 17.7. The molecule has 62 heavy (non-hydrogen) atoms. The number of ether oxygens (including phenoxy) is 4. The molecule has 4 aromatic rings. The first-order valence-electron chi connectivity index (χ1n) is 21.2. The molecule has 332 valence electrons. The van der Waals surface area contributed by atoms with E-state index in [9.17, 15) is 19.8 Å². The lowest BCUT2D eigenvalue weighted by Crippen LogP contribution is -2.40. The van der Waals surface area contributed by atoms with E-state index >= 15 is 0 Å². The molecule has 2 fully saturated rings. The van der Waals surface area contributed by atoms with Crippen LogP contribution >= 0.6 is 0 Å². The standard InChI is InChI=1S/2C23H30N4O4/c2*1-14-12-17-19(20(23(2,3)29)26(4)22(17)28)25-21(14)27-10-8-15(9-11-27)31-16-6-7-18(30-5)24-13-16/h2*6-7,12-13,15,20,29H,8-11H2,1-5H3/t2*20-/m10/s1. The number of piperidine rings is 2. The van der Waals surface area contributed by atoms with E-state index in [1.165, 1.54) is 0 Å². The first-order valence-corrected chi connectivity index (χ1v) is 21.2. The number of carbonyl (C=O) groups excluding carboxylic acids is 2. The summed E-state index contributed by atoms with van der Waals surface area (Å²) >= 11 is 0. The van der Waals surface area contributed by atoms with E-state index in [0.717, 1.165) is 86.1 Å². The van der Waals surface area contributed by atoms with Gasteiger partial charge in [0.2, 0.25) is 11.8 Å². The van der Waals surface area contributed by atoms with Crippen LogP contribution in [0.2, 0.25) is 0 Å². The molecule has 2 saturated heterocycles. The summed E-state index contributed by atoms with van der Waals surface area (Å²) in [7, 11) is 6.62. The van der Waals surface area contributed by atoms with Gasteiger partial charge < -0.3 is 48.8 Å². The summed E-state index contributed by atoms with van der Waals surface area (Å²) in [4.78, 5) is 51.2. The molecular formula is C46H60N8O8. The van der Waals surface area contributed by atoms with Crippen molar-refractivity contribution in [3.8, 4) is 23.3 Å². The molecule has 8 heterocycles. The summed E-state index contributed by atoms with van der Waals surface area (Å²) in [5.41, 5.74) is 2.25. The maximum Gasteiger partial charge on any atom is 0.256 e. The van der Waals surface area contributed by atoms with Crippen molar-refractivity contribution in [3.05, 3.63) is 82.4 Å². The van der Waals surface area contributed by atoms with E-state index in [-0.39, 0.29) is 24.0 Å². The SMILES string of the molecule is COc1ccc(OC2CCN(c3nc4c(cc3C)C(=O)N(C)[C@@H]4C(C)(C)O)CC2)cn1.COc1ccc(OC2CCN(c3nc4c(cc3C)C(=O)N(C)[C@H]4C(C)(C)O)CC2)cn1. The molecule has 2 atom stereocenters. The quantitative estimate of drug-likeness (QED) is 0.205. The molecule has 2 N–H and O–H groups in total. The third kappa shape index (κ3) is 9.07. The van der Waals surface area contributed by atoms with Gasteiger partial charge in [0.15, 0.2) is 0 Å². The Labute approximate surface area is 363 Å². The molecule has 4 aliphatic rings. The summed E-state index contributed by atoms with van der Waals surface area (Å²) < 4.78 is 22.3. The number of anilines is 2. The average molecular weight is 853 g/mol. The Hall–Kier alpha value is -5.74. The number of nitrogens with zero attached hydrogens (tertiary/aromatic N) is 8. The number of carbonyl (C=O) groups is 2. The number of rotatable bonds is 10. The van der Waals surface area contributed by atoms with Crippen LogP contribution in [0.1, 0.15) is 109 Å². The van der Waals surface area contributed by atoms with Crippen LogP contribution in [0.3, 0.4) is 0 Å². The Morgan fingerprint density at radius 3 is 1.26 bits per heavy atom. The largest absolute Gasteiger partial charge is 0.489 e. The van der Waals surface area contributed by atoms with Crippen molar-refractivity contribution in [2.75, 3.05) is 64.3 Å². The van der Waals surface area contributed by atoms with E-state index < -0.39 is 23.3 Å². The molecule has 16 nitrogen and oxygen atoms in total. The number of pyridine rings is 4. The van der Waals surface area contributed by atoms with Crippen LogP contribution in [-0.2, 0) is 0 Å². The van der Waals surface area contributed by atoms with Crippen molar-refractivity contribution in [1.29, 1.82) is 0 Å². The van der Waals surface area contributed by atoms with Crippen LogP contribution < -0.4 is 28.7 Å². The number of hydrogen-bond donors (Lipinski definition) is 2. The smallest absolute Gasteiger partial charge is 0.256 e. The van der Waals surface area contributed by atoms with Crippen molar-refractivity contribution in [2.24, 2.45) is 0 Å². The molecule has 0 radical (unpaired) electrons. The molecule has 0 unspecified atom stereocenters. The zero-order valence-corrected chi connectivity index (χ0v) is 37.5. The second-order valence-corrected chi connectivity index (χ2v) is 17.7. The summed E-state index contributed by atoms with van der Waals surface area (Å²) in [6, 6.07) is 10.2. The molecule has 0 aromatic carbocycles. The topological polar surface area (TPSA) is 176 Å². The minimum Gasteiger partial charge on any atom is -0.489 e. The van der Waals surface area contributed by atoms with Crippen molar-refractivity contribution in [3.63, 3.8) is 0 Å². The molecule has 0 aliphatic carbocycles. The van der Waals surface area contributed by atoms with Gasteiger partial charge in [-0.05, 0) is 76.9 Å². The summed E-state index contributed by atoms with van der Waals surface area (Å²) in [6.45, 7) is 14.1. The number of methoxy groups -OCH3 is 2. The molecule has 8 rings (SSSR count). The highest BCUT2D eigenvalue weighted by Crippen LogP contribution is 2.42. The van der Waals surface area contributed by atoms with Crippen LogP contribution in [0.25, 0.3) is 0 Å².